The summed E-state index contributed by atoms with van der Waals surface area (Å²) in [6, 6.07) is 2.09. The minimum absolute atomic E-state index is 0.369. The molecule has 1 aliphatic rings. The summed E-state index contributed by atoms with van der Waals surface area (Å²) >= 11 is 0. The molecule has 0 atom stereocenters. The van der Waals surface area contributed by atoms with Gasteiger partial charge in [-0.2, -0.15) is 5.10 Å². The first-order chi connectivity index (χ1) is 7.50. The van der Waals surface area contributed by atoms with Crippen molar-refractivity contribution in [3.8, 4) is 0 Å². The quantitative estimate of drug-likeness (QED) is 0.701. The molecule has 1 aromatic heterocycles. The van der Waals surface area contributed by atoms with Gasteiger partial charge in [0.25, 0.3) is 6.98 Å². The van der Waals surface area contributed by atoms with E-state index in [0.29, 0.717) is 14.0 Å². The van der Waals surface area contributed by atoms with E-state index >= 15 is 0 Å². The molecule has 1 aromatic rings. The average molecular weight is 219 g/mol. The van der Waals surface area contributed by atoms with E-state index in [0.717, 1.165) is 18.2 Å². The van der Waals surface area contributed by atoms with Gasteiger partial charge in [0, 0.05) is 11.8 Å². The molecule has 0 bridgehead atoms. The van der Waals surface area contributed by atoms with E-state index < -0.39 is 0 Å². The standard InChI is InChI=1S/C9H19B2N5/c1-8-6-9(13-12-8)16-7-14(4)10(2)15(5)11(16)3/h6H,7H2,1-5H3,(H,12,13). The summed E-state index contributed by atoms with van der Waals surface area (Å²) < 4.78 is 2.34. The Bertz CT molecular complexity index is 369. The van der Waals surface area contributed by atoms with Crippen molar-refractivity contribution < 1.29 is 0 Å². The number of hydrogen-bond acceptors (Lipinski definition) is 4. The minimum atomic E-state index is 0.369. The Morgan fingerprint density at radius 3 is 2.56 bits per heavy atom. The van der Waals surface area contributed by atoms with E-state index in [2.05, 4.69) is 58.3 Å². The molecule has 1 saturated heterocycles. The van der Waals surface area contributed by atoms with E-state index in [4.69, 9.17) is 0 Å². The lowest BCUT2D eigenvalue weighted by Crippen LogP contribution is -2.67. The molecule has 0 unspecified atom stereocenters. The molecule has 2 heterocycles. The van der Waals surface area contributed by atoms with Crippen LogP contribution in [0.5, 0.6) is 0 Å². The fourth-order valence-electron chi connectivity index (χ4n) is 2.13. The molecule has 0 radical (unpaired) electrons. The topological polar surface area (TPSA) is 38.4 Å². The third-order valence-electron chi connectivity index (χ3n) is 3.63. The summed E-state index contributed by atoms with van der Waals surface area (Å²) in [5.41, 5.74) is 1.10. The van der Waals surface area contributed by atoms with Crippen LogP contribution >= 0.6 is 0 Å². The fourth-order valence-corrected chi connectivity index (χ4v) is 2.13. The molecular weight excluding hydrogens is 200 g/mol. The second kappa shape index (κ2) is 4.14. The molecule has 7 heteroatoms. The predicted molar refractivity (Wildman–Crippen MR) is 69.4 cm³/mol. The molecule has 2 rings (SSSR count). The largest absolute Gasteiger partial charge is 0.373 e. The van der Waals surface area contributed by atoms with Crippen LogP contribution in [0.3, 0.4) is 0 Å². The highest BCUT2D eigenvalue weighted by molar-refractivity contribution is 6.73. The zero-order valence-corrected chi connectivity index (χ0v) is 10.7. The maximum absolute atomic E-state index is 4.33. The van der Waals surface area contributed by atoms with E-state index in [1.807, 2.05) is 6.92 Å². The SMILES string of the molecule is CB1N(C)CN(c2cc(C)[nH]n2)B(C)N1C. The van der Waals surface area contributed by atoms with Crippen LogP contribution in [-0.2, 0) is 0 Å². The van der Waals surface area contributed by atoms with Gasteiger partial charge in [0.2, 0.25) is 0 Å². The normalized spacial score (nSPS) is 19.7. The Kier molecular flexibility index (Phi) is 2.99. The maximum Gasteiger partial charge on any atom is 0.331 e. The smallest absolute Gasteiger partial charge is 0.331 e. The van der Waals surface area contributed by atoms with Crippen LogP contribution in [0.2, 0.25) is 13.6 Å². The van der Waals surface area contributed by atoms with Crippen molar-refractivity contribution >= 4 is 19.8 Å². The molecular formula is C9H19B2N5. The molecule has 16 heavy (non-hydrogen) atoms. The number of aryl methyl sites for hydroxylation is 1. The third-order valence-corrected chi connectivity index (χ3v) is 3.63. The molecule has 0 aliphatic carbocycles. The first-order valence-electron chi connectivity index (χ1n) is 5.71. The van der Waals surface area contributed by atoms with Gasteiger partial charge in [-0.1, -0.05) is 13.6 Å². The maximum atomic E-state index is 4.33. The van der Waals surface area contributed by atoms with Crippen molar-refractivity contribution in [2.24, 2.45) is 0 Å². The zero-order valence-electron chi connectivity index (χ0n) is 10.7. The number of nitrogens with zero attached hydrogens (tertiary/aromatic N) is 4. The minimum Gasteiger partial charge on any atom is -0.373 e. The lowest BCUT2D eigenvalue weighted by molar-refractivity contribution is 0.467. The van der Waals surface area contributed by atoms with Crippen molar-refractivity contribution in [3.05, 3.63) is 11.8 Å². The molecule has 5 nitrogen and oxygen atoms in total. The average Bonchev–Trinajstić information content (AvgIpc) is 2.67. The monoisotopic (exact) mass is 219 g/mol. The van der Waals surface area contributed by atoms with E-state index in [1.165, 1.54) is 0 Å². The Balaban J connectivity index is 2.22. The molecule has 1 fully saturated rings. The van der Waals surface area contributed by atoms with Crippen LogP contribution in [0.15, 0.2) is 6.07 Å². The molecule has 0 saturated carbocycles. The summed E-state index contributed by atoms with van der Waals surface area (Å²) in [6.07, 6.45) is 0. The van der Waals surface area contributed by atoms with Gasteiger partial charge < -0.3 is 14.3 Å². The summed E-state index contributed by atoms with van der Waals surface area (Å²) in [6.45, 7) is 8.22. The summed E-state index contributed by atoms with van der Waals surface area (Å²) in [5, 5.41) is 7.33. The van der Waals surface area contributed by atoms with E-state index in [1.54, 1.807) is 0 Å². The van der Waals surface area contributed by atoms with Gasteiger partial charge in [0.15, 0.2) is 0 Å². The van der Waals surface area contributed by atoms with Crippen molar-refractivity contribution in [1.29, 1.82) is 0 Å². The summed E-state index contributed by atoms with van der Waals surface area (Å²) in [5.74, 6) is 1.02. The van der Waals surface area contributed by atoms with E-state index in [-0.39, 0.29) is 0 Å². The lowest BCUT2D eigenvalue weighted by atomic mass is 9.58. The second-order valence-corrected chi connectivity index (χ2v) is 4.71. The molecule has 86 valence electrons. The number of rotatable bonds is 1. The molecule has 0 aromatic carbocycles. The van der Waals surface area contributed by atoms with Crippen LogP contribution in [0, 0.1) is 6.92 Å². The number of aromatic nitrogens is 2. The Labute approximate surface area is 98.0 Å². The van der Waals surface area contributed by atoms with Crippen molar-refractivity contribution in [3.63, 3.8) is 0 Å². The second-order valence-electron chi connectivity index (χ2n) is 4.71. The number of nitrogens with one attached hydrogen (secondary N) is 1. The first-order valence-corrected chi connectivity index (χ1v) is 5.71. The highest BCUT2D eigenvalue weighted by Crippen LogP contribution is 2.20. The summed E-state index contributed by atoms with van der Waals surface area (Å²) in [4.78, 5) is 4.60. The van der Waals surface area contributed by atoms with Gasteiger partial charge in [0.1, 0.15) is 5.82 Å². The van der Waals surface area contributed by atoms with Crippen molar-refractivity contribution in [1.82, 2.24) is 19.7 Å². The summed E-state index contributed by atoms with van der Waals surface area (Å²) in [7, 11) is 4.29. The third kappa shape index (κ3) is 1.85. The van der Waals surface area contributed by atoms with Crippen molar-refractivity contribution in [2.45, 2.75) is 20.6 Å². The van der Waals surface area contributed by atoms with Gasteiger partial charge in [-0.3, -0.25) is 5.10 Å². The fraction of sp³-hybridized carbons (Fsp3) is 0.667. The number of aromatic amines is 1. The van der Waals surface area contributed by atoms with Crippen LogP contribution < -0.4 is 4.81 Å². The molecule has 1 N–H and O–H groups in total. The van der Waals surface area contributed by atoms with Crippen LogP contribution in [-0.4, -0.2) is 54.5 Å². The zero-order chi connectivity index (χ0) is 11.9. The molecule has 0 amide bonds. The van der Waals surface area contributed by atoms with Crippen LogP contribution in [0.25, 0.3) is 0 Å². The Hall–Kier alpha value is -0.940. The Morgan fingerprint density at radius 2 is 2.00 bits per heavy atom. The Morgan fingerprint density at radius 1 is 1.31 bits per heavy atom. The highest BCUT2D eigenvalue weighted by atomic mass is 15.4. The predicted octanol–water partition coefficient (Wildman–Crippen LogP) is 0.595. The number of anilines is 1. The van der Waals surface area contributed by atoms with Gasteiger partial charge in [-0.05, 0) is 21.0 Å². The van der Waals surface area contributed by atoms with Gasteiger partial charge in [-0.15, -0.1) is 0 Å². The van der Waals surface area contributed by atoms with Gasteiger partial charge in [0.05, 0.1) is 6.67 Å². The van der Waals surface area contributed by atoms with Crippen LogP contribution in [0.4, 0.5) is 5.82 Å². The number of H-pyrrole nitrogens is 1. The van der Waals surface area contributed by atoms with E-state index in [9.17, 15) is 0 Å². The van der Waals surface area contributed by atoms with Crippen LogP contribution in [0.1, 0.15) is 5.69 Å². The van der Waals surface area contributed by atoms with Gasteiger partial charge >= 0.3 is 6.98 Å². The first kappa shape index (κ1) is 11.5. The molecule has 1 aliphatic heterocycles. The molecule has 0 spiro atoms. The van der Waals surface area contributed by atoms with Crippen molar-refractivity contribution in [2.75, 3.05) is 25.6 Å². The van der Waals surface area contributed by atoms with Gasteiger partial charge in [-0.25, -0.2) is 0 Å². The lowest BCUT2D eigenvalue weighted by Gasteiger charge is -2.46. The highest BCUT2D eigenvalue weighted by Gasteiger charge is 2.37. The number of hydrogen-bond donors (Lipinski definition) is 1.